The van der Waals surface area contributed by atoms with Gasteiger partial charge in [0.15, 0.2) is 0 Å². The normalized spacial score (nSPS) is 15.7. The predicted octanol–water partition coefficient (Wildman–Crippen LogP) is 4.74. The quantitative estimate of drug-likeness (QED) is 0.323. The molecular weight excluding hydrogens is 563 g/mol. The van der Waals surface area contributed by atoms with Gasteiger partial charge in [0.1, 0.15) is 18.2 Å². The second-order valence-electron chi connectivity index (χ2n) is 10.9. The second kappa shape index (κ2) is 14.0. The fourth-order valence-electron chi connectivity index (χ4n) is 5.63. The summed E-state index contributed by atoms with van der Waals surface area (Å²) in [5, 5.41) is 5.99. The van der Waals surface area contributed by atoms with Gasteiger partial charge in [-0.1, -0.05) is 13.0 Å². The lowest BCUT2D eigenvalue weighted by Gasteiger charge is -2.35. The molecule has 2 aliphatic rings. The zero-order chi connectivity index (χ0) is 31.2. The Balaban J connectivity index is 1.35. The first-order valence-corrected chi connectivity index (χ1v) is 15.2. The summed E-state index contributed by atoms with van der Waals surface area (Å²) in [5.41, 5.74) is 3.57. The van der Waals surface area contributed by atoms with Crippen molar-refractivity contribution in [3.63, 3.8) is 0 Å². The number of urea groups is 1. The Morgan fingerprint density at radius 2 is 1.77 bits per heavy atom. The molecule has 2 aromatic carbocycles. The summed E-state index contributed by atoms with van der Waals surface area (Å²) in [6, 6.07) is 10.1. The van der Waals surface area contributed by atoms with Crippen molar-refractivity contribution in [2.45, 2.75) is 40.5 Å². The fourth-order valence-corrected chi connectivity index (χ4v) is 5.63. The molecule has 0 saturated carbocycles. The van der Waals surface area contributed by atoms with E-state index in [1.807, 2.05) is 26.0 Å². The van der Waals surface area contributed by atoms with Gasteiger partial charge < -0.3 is 20.3 Å². The Bertz CT molecular complexity index is 1490. The molecule has 0 radical (unpaired) electrons. The highest BCUT2D eigenvalue weighted by atomic mass is 19.1. The number of ether oxygens (including phenoxy) is 1. The number of methoxy groups -OCH3 is 1. The molecule has 0 aliphatic carbocycles. The number of amides is 3. The van der Waals surface area contributed by atoms with Crippen LogP contribution in [0.4, 0.5) is 32.3 Å². The minimum absolute atomic E-state index is 0.236. The molecule has 3 heterocycles. The number of hydrogen-bond acceptors (Lipinski definition) is 8. The number of benzene rings is 2. The van der Waals surface area contributed by atoms with E-state index in [0.717, 1.165) is 43.9 Å². The average molecular weight is 605 g/mol. The standard InChI is InChI=1S/C32H41FN8O3/c1-5-34-31-35-19-25-21-41(32(43)40(7-3)29(25)37-31)27-15-23(16-28(17-27)44-4)30(42)36-26-9-8-22(24(14-26)18-33)20-39-12-10-38(6-2)11-13-39/h8-9,14-17,19H,5-7,10-13,18,20-21H2,1-4H3,(H,36,42)(H,34,35,37). The van der Waals surface area contributed by atoms with E-state index in [1.165, 1.54) is 7.11 Å². The summed E-state index contributed by atoms with van der Waals surface area (Å²) in [5.74, 6) is 1.06. The van der Waals surface area contributed by atoms with Crippen molar-refractivity contribution >= 4 is 35.1 Å². The molecule has 3 aromatic rings. The van der Waals surface area contributed by atoms with Crippen molar-refractivity contribution in [2.24, 2.45) is 0 Å². The van der Waals surface area contributed by atoms with Crippen LogP contribution in [0.5, 0.6) is 5.75 Å². The lowest BCUT2D eigenvalue weighted by atomic mass is 10.1. The molecule has 11 nitrogen and oxygen atoms in total. The number of nitrogens with one attached hydrogen (secondary N) is 2. The molecule has 234 valence electrons. The predicted molar refractivity (Wildman–Crippen MR) is 170 cm³/mol. The smallest absolute Gasteiger partial charge is 0.330 e. The van der Waals surface area contributed by atoms with Crippen molar-refractivity contribution in [3.8, 4) is 5.75 Å². The first kappa shape index (κ1) is 31.1. The van der Waals surface area contributed by atoms with E-state index in [4.69, 9.17) is 4.74 Å². The highest BCUT2D eigenvalue weighted by Gasteiger charge is 2.33. The summed E-state index contributed by atoms with van der Waals surface area (Å²) in [6.07, 6.45) is 1.72. The Morgan fingerprint density at radius 1 is 1.00 bits per heavy atom. The molecule has 0 atom stereocenters. The van der Waals surface area contributed by atoms with E-state index in [9.17, 15) is 14.0 Å². The van der Waals surface area contributed by atoms with Crippen molar-refractivity contribution in [3.05, 3.63) is 64.8 Å². The molecule has 1 aromatic heterocycles. The highest BCUT2D eigenvalue weighted by Crippen LogP contribution is 2.33. The number of hydrogen-bond donors (Lipinski definition) is 2. The monoisotopic (exact) mass is 604 g/mol. The van der Waals surface area contributed by atoms with Crippen LogP contribution in [0.1, 0.15) is 47.8 Å². The van der Waals surface area contributed by atoms with Gasteiger partial charge in [-0.25, -0.2) is 14.2 Å². The third-order valence-corrected chi connectivity index (χ3v) is 8.15. The SMILES string of the molecule is CCNc1ncc2c(n1)N(CC)C(=O)N(c1cc(OC)cc(C(=O)Nc3ccc(CN4CCN(CC)CC4)c(CF)c3)c1)C2. The maximum atomic E-state index is 14.1. The van der Waals surface area contributed by atoms with Crippen molar-refractivity contribution in [1.29, 1.82) is 0 Å². The number of rotatable bonds is 11. The molecule has 3 amide bonds. The third kappa shape index (κ3) is 6.76. The summed E-state index contributed by atoms with van der Waals surface area (Å²) < 4.78 is 19.6. The molecular formula is C32H41FN8O3. The topological polar surface area (TPSA) is 106 Å². The molecule has 0 bridgehead atoms. The lowest BCUT2D eigenvalue weighted by Crippen LogP contribution is -2.48. The van der Waals surface area contributed by atoms with Gasteiger partial charge in [0.2, 0.25) is 5.95 Å². The number of aromatic nitrogens is 2. The van der Waals surface area contributed by atoms with Crippen molar-refractivity contribution < 1.29 is 18.7 Å². The van der Waals surface area contributed by atoms with E-state index >= 15 is 0 Å². The van der Waals surface area contributed by atoms with Crippen molar-refractivity contribution in [2.75, 3.05) is 73.4 Å². The number of alkyl halides is 1. The summed E-state index contributed by atoms with van der Waals surface area (Å²) in [7, 11) is 1.51. The summed E-state index contributed by atoms with van der Waals surface area (Å²) >= 11 is 0. The number of likely N-dealkylation sites (N-methyl/N-ethyl adjacent to an activating group) is 1. The number of carbonyl (C=O) groups excluding carboxylic acids is 2. The van der Waals surface area contributed by atoms with E-state index in [0.29, 0.717) is 59.7 Å². The molecule has 2 aliphatic heterocycles. The van der Waals surface area contributed by atoms with Gasteiger partial charge >= 0.3 is 6.03 Å². The Kier molecular flexibility index (Phi) is 9.91. The summed E-state index contributed by atoms with van der Waals surface area (Å²) in [6.45, 7) is 12.3. The van der Waals surface area contributed by atoms with Crippen LogP contribution in [-0.4, -0.2) is 84.6 Å². The third-order valence-electron chi connectivity index (χ3n) is 8.15. The van der Waals surface area contributed by atoms with Crippen LogP contribution in [0.15, 0.2) is 42.6 Å². The van der Waals surface area contributed by atoms with Gasteiger partial charge in [-0.15, -0.1) is 0 Å². The number of nitrogens with zero attached hydrogens (tertiary/aromatic N) is 6. The molecule has 5 rings (SSSR count). The van der Waals surface area contributed by atoms with E-state index in [1.54, 1.807) is 40.3 Å². The first-order chi connectivity index (χ1) is 21.4. The zero-order valence-electron chi connectivity index (χ0n) is 25.9. The number of carbonyl (C=O) groups is 2. The van der Waals surface area contributed by atoms with Gasteiger partial charge in [-0.2, -0.15) is 4.98 Å². The zero-order valence-corrected chi connectivity index (χ0v) is 25.9. The van der Waals surface area contributed by atoms with Gasteiger partial charge in [-0.3, -0.25) is 19.5 Å². The van der Waals surface area contributed by atoms with Gasteiger partial charge in [0.25, 0.3) is 5.91 Å². The summed E-state index contributed by atoms with van der Waals surface area (Å²) in [4.78, 5) is 43.9. The van der Waals surface area contributed by atoms with Crippen LogP contribution in [0.2, 0.25) is 0 Å². The fraction of sp³-hybridized carbons (Fsp3) is 0.438. The molecule has 1 fully saturated rings. The maximum absolute atomic E-state index is 14.1. The Labute approximate surface area is 258 Å². The number of halogens is 1. The van der Waals surface area contributed by atoms with Crippen LogP contribution < -0.4 is 25.2 Å². The Hall–Kier alpha value is -4.29. The van der Waals surface area contributed by atoms with Crippen LogP contribution in [0, 0.1) is 0 Å². The van der Waals surface area contributed by atoms with E-state index < -0.39 is 12.6 Å². The largest absolute Gasteiger partial charge is 0.497 e. The molecule has 12 heteroatoms. The van der Waals surface area contributed by atoms with Crippen LogP contribution in [-0.2, 0) is 19.8 Å². The van der Waals surface area contributed by atoms with Gasteiger partial charge in [-0.05, 0) is 55.8 Å². The maximum Gasteiger partial charge on any atom is 0.330 e. The number of piperazine rings is 1. The molecule has 0 unspecified atom stereocenters. The van der Waals surface area contributed by atoms with Crippen LogP contribution in [0.3, 0.4) is 0 Å². The number of anilines is 4. The minimum atomic E-state index is -0.622. The Morgan fingerprint density at radius 3 is 2.45 bits per heavy atom. The lowest BCUT2D eigenvalue weighted by molar-refractivity contribution is 0.102. The molecule has 0 spiro atoms. The highest BCUT2D eigenvalue weighted by molar-refractivity contribution is 6.08. The minimum Gasteiger partial charge on any atom is -0.497 e. The number of fused-ring (bicyclic) bond motifs is 1. The van der Waals surface area contributed by atoms with Gasteiger partial charge in [0, 0.05) is 74.9 Å². The van der Waals surface area contributed by atoms with E-state index in [2.05, 4.69) is 37.3 Å². The van der Waals surface area contributed by atoms with Crippen LogP contribution >= 0.6 is 0 Å². The first-order valence-electron chi connectivity index (χ1n) is 15.2. The van der Waals surface area contributed by atoms with Crippen LogP contribution in [0.25, 0.3) is 0 Å². The van der Waals surface area contributed by atoms with Gasteiger partial charge in [0.05, 0.1) is 19.3 Å². The molecule has 44 heavy (non-hydrogen) atoms. The average Bonchev–Trinajstić information content (AvgIpc) is 3.05. The van der Waals surface area contributed by atoms with Crippen molar-refractivity contribution in [1.82, 2.24) is 19.8 Å². The second-order valence-corrected chi connectivity index (χ2v) is 10.9. The van der Waals surface area contributed by atoms with E-state index in [-0.39, 0.29) is 12.6 Å². The molecule has 2 N–H and O–H groups in total. The molecule has 1 saturated heterocycles.